The minimum absolute atomic E-state index is 0.0857. The van der Waals surface area contributed by atoms with Gasteiger partial charge in [0.2, 0.25) is 0 Å². The minimum Gasteiger partial charge on any atom is -0.475 e. The van der Waals surface area contributed by atoms with Crippen molar-refractivity contribution in [1.82, 2.24) is 14.9 Å². The number of carboxylic acid groups (broad SMARTS) is 1. The smallest absolute Gasteiger partial charge is 0.475 e. The Morgan fingerprint density at radius 2 is 1.67 bits per heavy atom. The predicted octanol–water partition coefficient (Wildman–Crippen LogP) is 4.09. The summed E-state index contributed by atoms with van der Waals surface area (Å²) in [7, 11) is -3.86. The van der Waals surface area contributed by atoms with Crippen LogP contribution in [0.4, 0.5) is 24.7 Å². The van der Waals surface area contributed by atoms with Crippen LogP contribution in [0.1, 0.15) is 31.9 Å². The molecular weight excluding hydrogens is 599 g/mol. The number of hydrogen-bond acceptors (Lipinski definition) is 7. The summed E-state index contributed by atoms with van der Waals surface area (Å²) in [6.45, 7) is 9.62. The lowest BCUT2D eigenvalue weighted by molar-refractivity contribution is -0.192. The first-order valence-electron chi connectivity index (χ1n) is 12.7. The van der Waals surface area contributed by atoms with Crippen LogP contribution in [0.2, 0.25) is 5.02 Å². The monoisotopic (exact) mass is 629 g/mol. The number of piperazine rings is 1. The van der Waals surface area contributed by atoms with Crippen LogP contribution in [0.5, 0.6) is 0 Å². The number of nitrogens with zero attached hydrogens (tertiary/aromatic N) is 3. The first-order chi connectivity index (χ1) is 19.5. The fourth-order valence-electron chi connectivity index (χ4n) is 3.91. The molecule has 15 heteroatoms. The van der Waals surface area contributed by atoms with Crippen molar-refractivity contribution < 1.29 is 31.5 Å². The van der Waals surface area contributed by atoms with Crippen molar-refractivity contribution in [2.75, 3.05) is 35.8 Å². The molecule has 0 radical (unpaired) electrons. The van der Waals surface area contributed by atoms with Crippen molar-refractivity contribution in [2.45, 2.75) is 43.8 Å². The zero-order valence-corrected chi connectivity index (χ0v) is 24.6. The highest BCUT2D eigenvalue weighted by atomic mass is 35.5. The summed E-state index contributed by atoms with van der Waals surface area (Å²) < 4.78 is 62.1. The zero-order chi connectivity index (χ0) is 31.3. The van der Waals surface area contributed by atoms with E-state index in [4.69, 9.17) is 21.5 Å². The largest absolute Gasteiger partial charge is 0.490 e. The molecule has 0 amide bonds. The second kappa shape index (κ2) is 13.1. The van der Waals surface area contributed by atoms with Gasteiger partial charge in [0.15, 0.2) is 0 Å². The molecular formula is C27H31ClF3N5O5S. The molecule has 3 aromatic rings. The summed E-state index contributed by atoms with van der Waals surface area (Å²) in [6, 6.07) is 13.6. The highest BCUT2D eigenvalue weighted by Crippen LogP contribution is 2.27. The quantitative estimate of drug-likeness (QED) is 0.371. The highest BCUT2D eigenvalue weighted by molar-refractivity contribution is 7.92. The molecule has 1 saturated heterocycles. The van der Waals surface area contributed by atoms with Gasteiger partial charge in [0, 0.05) is 37.4 Å². The number of hydrogen-bond donors (Lipinski definition) is 3. The number of alkyl halides is 3. The second-order valence-corrected chi connectivity index (χ2v) is 12.5. The molecule has 1 fully saturated rings. The first kappa shape index (κ1) is 32.9. The average Bonchev–Trinajstić information content (AvgIpc) is 2.91. The molecule has 1 aromatic heterocycles. The Balaban J connectivity index is 0.000000616. The van der Waals surface area contributed by atoms with Gasteiger partial charge in [-0.25, -0.2) is 18.0 Å². The van der Waals surface area contributed by atoms with Gasteiger partial charge in [-0.05, 0) is 46.9 Å². The Hall–Kier alpha value is -3.62. The normalized spacial score (nSPS) is 14.1. The van der Waals surface area contributed by atoms with E-state index in [0.29, 0.717) is 22.1 Å². The maximum atomic E-state index is 13.1. The molecule has 0 aliphatic carbocycles. The summed E-state index contributed by atoms with van der Waals surface area (Å²) in [5, 5.41) is 10.8. The molecule has 0 saturated carbocycles. The lowest BCUT2D eigenvalue weighted by Gasteiger charge is -2.28. The lowest BCUT2D eigenvalue weighted by atomic mass is 9.87. The molecule has 42 heavy (non-hydrogen) atoms. The predicted molar refractivity (Wildman–Crippen MR) is 154 cm³/mol. The van der Waals surface area contributed by atoms with Gasteiger partial charge in [0.05, 0.1) is 17.1 Å². The van der Waals surface area contributed by atoms with E-state index in [0.717, 1.165) is 31.7 Å². The number of sulfonamides is 1. The molecule has 10 nitrogen and oxygen atoms in total. The van der Waals surface area contributed by atoms with Crippen LogP contribution >= 0.6 is 11.6 Å². The van der Waals surface area contributed by atoms with E-state index in [1.807, 2.05) is 18.2 Å². The summed E-state index contributed by atoms with van der Waals surface area (Å²) in [5.41, 5.74) is 1.47. The number of nitrogens with one attached hydrogen (secondary N) is 2. The van der Waals surface area contributed by atoms with Gasteiger partial charge in [0.25, 0.3) is 10.0 Å². The van der Waals surface area contributed by atoms with Gasteiger partial charge in [-0.2, -0.15) is 18.2 Å². The van der Waals surface area contributed by atoms with Crippen LogP contribution in [-0.2, 0) is 26.8 Å². The third kappa shape index (κ3) is 8.94. The Kier molecular flexibility index (Phi) is 10.3. The standard InChI is InChI=1S/C25H30ClN5O3S.C2HF3O2/c1-25(2,3)19-5-8-21(9-6-19)35(33,34)29-22-16-20(26)7-4-18(22)17-31-13-10-23(28-24(31)32)30-14-11-27-12-15-30;3-2(4,5)1(6)7/h4-10,13,16,27,29H,11-12,14-15,17H2,1-3H3;(H,6,7). The molecule has 0 bridgehead atoms. The molecule has 1 aliphatic rings. The third-order valence-electron chi connectivity index (χ3n) is 6.23. The Labute approximate surface area is 246 Å². The maximum Gasteiger partial charge on any atom is 0.490 e. The van der Waals surface area contributed by atoms with Crippen LogP contribution in [0, 0.1) is 0 Å². The molecule has 4 rings (SSSR count). The third-order valence-corrected chi connectivity index (χ3v) is 7.85. The molecule has 0 atom stereocenters. The molecule has 228 valence electrons. The summed E-state index contributed by atoms with van der Waals surface area (Å²) in [5.74, 6) is -2.11. The van der Waals surface area contributed by atoms with Crippen LogP contribution in [-0.4, -0.2) is 61.4 Å². The first-order valence-corrected chi connectivity index (χ1v) is 14.6. The molecule has 0 spiro atoms. The number of carbonyl (C=O) groups is 1. The van der Waals surface area contributed by atoms with Crippen molar-refractivity contribution in [1.29, 1.82) is 0 Å². The van der Waals surface area contributed by atoms with Gasteiger partial charge in [-0.1, -0.05) is 50.6 Å². The van der Waals surface area contributed by atoms with Crippen molar-refractivity contribution in [3.63, 3.8) is 0 Å². The van der Waals surface area contributed by atoms with E-state index < -0.39 is 27.9 Å². The van der Waals surface area contributed by atoms with Gasteiger partial charge in [0.1, 0.15) is 5.82 Å². The van der Waals surface area contributed by atoms with Gasteiger partial charge < -0.3 is 15.3 Å². The van der Waals surface area contributed by atoms with Gasteiger partial charge in [-0.15, -0.1) is 0 Å². The molecule has 2 aromatic carbocycles. The van der Waals surface area contributed by atoms with E-state index in [1.54, 1.807) is 36.5 Å². The number of carboxylic acids is 1. The number of rotatable bonds is 6. The summed E-state index contributed by atoms with van der Waals surface area (Å²) in [4.78, 5) is 28.1. The van der Waals surface area contributed by atoms with E-state index in [9.17, 15) is 26.4 Å². The van der Waals surface area contributed by atoms with Crippen LogP contribution in [0.3, 0.4) is 0 Å². The van der Waals surface area contributed by atoms with E-state index >= 15 is 0 Å². The fourth-order valence-corrected chi connectivity index (χ4v) is 5.18. The number of halogens is 4. The number of aromatic nitrogens is 2. The topological polar surface area (TPSA) is 134 Å². The Morgan fingerprint density at radius 1 is 1.07 bits per heavy atom. The van der Waals surface area contributed by atoms with E-state index in [-0.39, 0.29) is 16.9 Å². The number of aliphatic carboxylic acids is 1. The zero-order valence-electron chi connectivity index (χ0n) is 23.1. The van der Waals surface area contributed by atoms with Crippen molar-refractivity contribution in [3.05, 3.63) is 81.4 Å². The van der Waals surface area contributed by atoms with Crippen LogP contribution < -0.4 is 20.6 Å². The van der Waals surface area contributed by atoms with Crippen molar-refractivity contribution >= 4 is 39.1 Å². The second-order valence-electron chi connectivity index (χ2n) is 10.4. The van der Waals surface area contributed by atoms with Crippen molar-refractivity contribution in [3.8, 4) is 0 Å². The van der Waals surface area contributed by atoms with Crippen molar-refractivity contribution in [2.24, 2.45) is 0 Å². The van der Waals surface area contributed by atoms with Gasteiger partial charge in [-0.3, -0.25) is 9.29 Å². The van der Waals surface area contributed by atoms with E-state index in [2.05, 4.69) is 40.7 Å². The molecule has 2 heterocycles. The SMILES string of the molecule is CC(C)(C)c1ccc(S(=O)(=O)Nc2cc(Cl)ccc2Cn2ccc(N3CCNCC3)nc2=O)cc1.O=C(O)C(F)(F)F. The fraction of sp³-hybridized carbons (Fsp3) is 0.370. The Bertz CT molecular complexity index is 1570. The lowest BCUT2D eigenvalue weighted by Crippen LogP contribution is -2.44. The van der Waals surface area contributed by atoms with Crippen LogP contribution in [0.15, 0.2) is 64.4 Å². The van der Waals surface area contributed by atoms with Gasteiger partial charge >= 0.3 is 17.8 Å². The molecule has 0 unspecified atom stereocenters. The molecule has 3 N–H and O–H groups in total. The minimum atomic E-state index is -5.08. The van der Waals surface area contributed by atoms with E-state index in [1.165, 1.54) is 4.57 Å². The highest BCUT2D eigenvalue weighted by Gasteiger charge is 2.38. The number of benzene rings is 2. The Morgan fingerprint density at radius 3 is 2.19 bits per heavy atom. The van der Waals surface area contributed by atoms with Crippen LogP contribution in [0.25, 0.3) is 0 Å². The maximum absolute atomic E-state index is 13.1. The summed E-state index contributed by atoms with van der Waals surface area (Å²) >= 11 is 6.18. The summed E-state index contributed by atoms with van der Waals surface area (Å²) in [6.07, 6.45) is -3.40. The average molecular weight is 630 g/mol. The molecule has 1 aliphatic heterocycles. The number of anilines is 2.